The summed E-state index contributed by atoms with van der Waals surface area (Å²) in [5, 5.41) is 1.34. The topological polar surface area (TPSA) is 233 Å². The van der Waals surface area contributed by atoms with Crippen molar-refractivity contribution in [2.45, 2.75) is 282 Å². The van der Waals surface area contributed by atoms with Crippen LogP contribution in [0.2, 0.25) is 0 Å². The van der Waals surface area contributed by atoms with Gasteiger partial charge < -0.3 is 33.6 Å². The summed E-state index contributed by atoms with van der Waals surface area (Å²) in [5.74, 6) is -1.05. The highest BCUT2D eigenvalue weighted by Crippen LogP contribution is 2.50. The van der Waals surface area contributed by atoms with Crippen LogP contribution in [0.4, 0.5) is 11.4 Å². The molecule has 18 nitrogen and oxygen atoms in total. The van der Waals surface area contributed by atoms with Gasteiger partial charge in [0.2, 0.25) is 10.0 Å². The molecule has 21 heteroatoms. The number of hydrogen-bond donors (Lipinski definition) is 2. The fourth-order valence-electron chi connectivity index (χ4n) is 14.4. The molecule has 0 fully saturated rings. The molecule has 95 heavy (non-hydrogen) atoms. The van der Waals surface area contributed by atoms with Crippen molar-refractivity contribution in [1.29, 1.82) is 0 Å². The summed E-state index contributed by atoms with van der Waals surface area (Å²) in [6, 6.07) is 7.67. The Kier molecular flexibility index (Phi) is 33.5. The second-order valence-electron chi connectivity index (χ2n) is 26.9. The second kappa shape index (κ2) is 40.7. The lowest BCUT2D eigenvalue weighted by Crippen LogP contribution is -2.35. The number of benzene rings is 3. The first-order chi connectivity index (χ1) is 45.9. The Hall–Kier alpha value is -4.24. The Labute approximate surface area is 570 Å². The molecule has 1 aromatic heterocycles. The van der Waals surface area contributed by atoms with Crippen molar-refractivity contribution in [1.82, 2.24) is 9.62 Å². The Balaban J connectivity index is 0.00000172. The Bertz CT molecular complexity index is 3230. The zero-order valence-electron chi connectivity index (χ0n) is 58.6. The lowest BCUT2D eigenvalue weighted by atomic mass is 9.84. The summed E-state index contributed by atoms with van der Waals surface area (Å²) < 4.78 is 113. The van der Waals surface area contributed by atoms with Gasteiger partial charge in [0.25, 0.3) is 0 Å². The van der Waals surface area contributed by atoms with Crippen LogP contribution >= 0.6 is 7.82 Å². The fourth-order valence-corrected chi connectivity index (χ4v) is 17.0. The molecule has 0 aliphatic carbocycles. The molecule has 0 bridgehead atoms. The zero-order valence-corrected chi connectivity index (χ0v) is 61.1. The molecule has 0 amide bonds. The molecular weight excluding hydrogens is 1260 g/mol. The predicted octanol–water partition coefficient (Wildman–Crippen LogP) is 17.0. The number of carbonyl (C=O) groups is 2. The highest BCUT2D eigenvalue weighted by atomic mass is 32.2. The molecule has 1 unspecified atom stereocenters. The number of anilines is 2. The maximum atomic E-state index is 14.0. The molecule has 0 saturated heterocycles. The fraction of sp³-hybridized carbons (Fsp3) is 0.716. The van der Waals surface area contributed by atoms with Gasteiger partial charge in [0.05, 0.1) is 56.3 Å². The van der Waals surface area contributed by atoms with Gasteiger partial charge in [-0.1, -0.05) is 195 Å². The number of phosphoric acid groups is 1. The molecule has 534 valence electrons. The number of nitrogens with one attached hydrogen (secondary N) is 1. The van der Waals surface area contributed by atoms with Crippen LogP contribution in [0.15, 0.2) is 44.5 Å². The zero-order chi connectivity index (χ0) is 68.1. The standard InChI is InChI=1S/C68H102N3O14PS2.C6H15N/c1-3-5-7-9-11-13-15-17-19-21-23-25-27-37-62(72)81-50-54(84-63(73)38-28-26-24-22-20-18-16-14-12-10-8-6-4-2)51-83-86(74,75)82-46-41-69-87(76,77)55-39-40-56(61(49-55)88(78,79)80)64-59-47-52-33-29-42-70-44-31-35-57(65(52)70)67(59)85-68-58-36-32-45-71-43-30-34-53(66(58)71)48-60(64)68;1-4-7(5-2)6-3/h39-40,47-49,54,69H,3-38,41-46,50-51H2,1-2H3,(H-,74,75,78,79,80);4-6H2,1-3H3/t54-;/m1./s1. The molecule has 4 aliphatic heterocycles. The summed E-state index contributed by atoms with van der Waals surface area (Å²) in [7, 11) is -14.8. The normalized spacial score (nSPS) is 15.5. The van der Waals surface area contributed by atoms with E-state index in [0.717, 1.165) is 162 Å². The van der Waals surface area contributed by atoms with E-state index in [2.05, 4.69) is 66.2 Å². The number of carbonyl (C=O) groups excluding carboxylic acids is 2. The van der Waals surface area contributed by atoms with Crippen molar-refractivity contribution in [3.8, 4) is 11.1 Å². The van der Waals surface area contributed by atoms with Gasteiger partial charge >= 0.3 is 30.9 Å². The van der Waals surface area contributed by atoms with Crippen molar-refractivity contribution in [2.24, 2.45) is 0 Å². The van der Waals surface area contributed by atoms with E-state index < -0.39 is 82.2 Å². The summed E-state index contributed by atoms with van der Waals surface area (Å²) in [6.07, 6.45) is 36.0. The van der Waals surface area contributed by atoms with Gasteiger partial charge in [-0.05, 0) is 119 Å². The van der Waals surface area contributed by atoms with Crippen LogP contribution < -0.4 is 14.5 Å². The molecule has 8 rings (SSSR count). The molecular formula is C74H117N4O14PS2. The third-order valence-corrected chi connectivity index (χ3v) is 22.9. The number of unbranched alkanes of at least 4 members (excludes halogenated alkanes) is 24. The van der Waals surface area contributed by atoms with Crippen molar-refractivity contribution in [3.63, 3.8) is 0 Å². The minimum Gasteiger partial charge on any atom is -0.744 e. The molecule has 4 aromatic rings. The number of fused-ring (bicyclic) bond motifs is 4. The number of rotatable bonds is 45. The van der Waals surface area contributed by atoms with E-state index in [1.54, 1.807) is 0 Å². The molecule has 2 atom stereocenters. The monoisotopic (exact) mass is 1380 g/mol. The van der Waals surface area contributed by atoms with Crippen LogP contribution in [0.25, 0.3) is 33.1 Å². The number of hydrogen-bond acceptors (Lipinski definition) is 15. The van der Waals surface area contributed by atoms with E-state index in [4.69, 9.17) is 22.9 Å². The quantitative estimate of drug-likeness (QED) is 0.0105. The first-order valence-electron chi connectivity index (χ1n) is 37.2. The molecule has 3 aromatic carbocycles. The predicted molar refractivity (Wildman–Crippen MR) is 381 cm³/mol. The smallest absolute Gasteiger partial charge is 0.472 e. The summed E-state index contributed by atoms with van der Waals surface area (Å²) in [6.45, 7) is 16.0. The van der Waals surface area contributed by atoms with Crippen LogP contribution in [0, 0.1) is 0 Å². The minimum atomic E-state index is -5.33. The van der Waals surface area contributed by atoms with E-state index in [0.29, 0.717) is 40.3 Å². The third-order valence-electron chi connectivity index (χ3n) is 19.6. The largest absolute Gasteiger partial charge is 0.744 e. The maximum Gasteiger partial charge on any atom is 0.472 e. The number of ether oxygens (including phenoxy) is 2. The van der Waals surface area contributed by atoms with Crippen molar-refractivity contribution in [2.75, 3.05) is 82.0 Å². The van der Waals surface area contributed by atoms with E-state index in [1.807, 2.05) is 0 Å². The van der Waals surface area contributed by atoms with Crippen LogP contribution in [0.5, 0.6) is 0 Å². The van der Waals surface area contributed by atoms with E-state index >= 15 is 0 Å². The summed E-state index contributed by atoms with van der Waals surface area (Å²) >= 11 is 0. The van der Waals surface area contributed by atoms with Crippen molar-refractivity contribution >= 4 is 73.2 Å². The number of aryl methyl sites for hydroxylation is 4. The molecule has 2 N–H and O–H groups in total. The third kappa shape index (κ3) is 24.3. The lowest BCUT2D eigenvalue weighted by molar-refractivity contribution is -0.161. The van der Waals surface area contributed by atoms with Gasteiger partial charge in [-0.15, -0.1) is 0 Å². The minimum absolute atomic E-state index is 0.0702. The number of nitrogens with zero attached hydrogens (tertiary/aromatic N) is 3. The van der Waals surface area contributed by atoms with Crippen molar-refractivity contribution in [3.05, 3.63) is 52.6 Å². The van der Waals surface area contributed by atoms with Gasteiger partial charge in [-0.2, -0.15) is 0 Å². The van der Waals surface area contributed by atoms with Crippen LogP contribution in [-0.4, -0.2) is 121 Å². The van der Waals surface area contributed by atoms with E-state index in [9.17, 15) is 40.4 Å². The van der Waals surface area contributed by atoms with Crippen LogP contribution in [-0.2, 0) is 78.5 Å². The molecule has 0 spiro atoms. The van der Waals surface area contributed by atoms with Gasteiger partial charge in [0.1, 0.15) is 16.7 Å². The average molecular weight is 1380 g/mol. The van der Waals surface area contributed by atoms with Gasteiger partial charge in [0, 0.05) is 56.7 Å². The average Bonchev–Trinajstić information content (AvgIpc) is 0.710. The second-order valence-corrected chi connectivity index (χ2v) is 31.4. The highest BCUT2D eigenvalue weighted by Gasteiger charge is 2.38. The van der Waals surface area contributed by atoms with Crippen LogP contribution in [0.3, 0.4) is 0 Å². The lowest BCUT2D eigenvalue weighted by Gasteiger charge is -2.36. The Morgan fingerprint density at radius 3 is 1.45 bits per heavy atom. The SMILES string of the molecule is CCCCCCCCCCCCCCCC(=O)OC[C@H](COP(=O)(O)OCCNS(=O)(=O)c1ccc(-c2c3cc4c5c(c3[o+]c3c6c7c(cc23)CCCN7CCC6)CCCN5CCC4)c(S(=O)(=O)[O-])c1)OC(=O)CCCCCCCCCCCCCCC.CCN(CC)CC. The summed E-state index contributed by atoms with van der Waals surface area (Å²) in [5.41, 5.74) is 8.56. The van der Waals surface area contributed by atoms with Gasteiger partial charge in [-0.3, -0.25) is 18.6 Å². The first-order valence-corrected chi connectivity index (χ1v) is 41.5. The van der Waals surface area contributed by atoms with Gasteiger partial charge in [0.15, 0.2) is 6.10 Å². The van der Waals surface area contributed by atoms with Gasteiger partial charge in [-0.25, -0.2) is 30.5 Å². The molecule has 0 radical (unpaired) electrons. The Morgan fingerprint density at radius 2 is 1.02 bits per heavy atom. The van der Waals surface area contributed by atoms with E-state index in [1.165, 1.54) is 141 Å². The number of sulfonamides is 1. The molecule has 0 saturated carbocycles. The maximum absolute atomic E-state index is 14.0. The van der Waals surface area contributed by atoms with Crippen LogP contribution in [0.1, 0.15) is 262 Å². The number of esters is 2. The summed E-state index contributed by atoms with van der Waals surface area (Å²) in [4.78, 5) is 42.7. The number of phosphoric ester groups is 1. The Morgan fingerprint density at radius 1 is 0.589 bits per heavy atom. The first kappa shape index (κ1) is 78.1. The molecule has 4 aliphatic rings. The molecule has 5 heterocycles. The van der Waals surface area contributed by atoms with Crippen molar-refractivity contribution < 1.29 is 63.4 Å². The van der Waals surface area contributed by atoms with E-state index in [-0.39, 0.29) is 18.4 Å². The highest BCUT2D eigenvalue weighted by molar-refractivity contribution is 7.89.